The van der Waals surface area contributed by atoms with Crippen LogP contribution in [0, 0.1) is 11.7 Å². The summed E-state index contributed by atoms with van der Waals surface area (Å²) in [5.74, 6) is 0.188. The summed E-state index contributed by atoms with van der Waals surface area (Å²) in [6, 6.07) is 4.97. The first-order valence-electron chi connectivity index (χ1n) is 7.73. The number of nitrogens with zero attached hydrogens (tertiary/aromatic N) is 2. The molecule has 1 aliphatic carbocycles. The number of aromatic nitrogens is 3. The van der Waals surface area contributed by atoms with Gasteiger partial charge < -0.3 is 15.4 Å². The lowest BCUT2D eigenvalue weighted by molar-refractivity contribution is 0.102. The van der Waals surface area contributed by atoms with Crippen LogP contribution in [0.15, 0.2) is 30.5 Å². The molecule has 0 unspecified atom stereocenters. The first kappa shape index (κ1) is 14.6. The van der Waals surface area contributed by atoms with E-state index in [1.807, 2.05) is 0 Å². The number of fused-ring (bicyclic) bond motifs is 1. The highest BCUT2D eigenvalue weighted by molar-refractivity contribution is 6.11. The number of amides is 1. The first-order valence-corrected chi connectivity index (χ1v) is 7.73. The van der Waals surface area contributed by atoms with E-state index in [0.29, 0.717) is 22.6 Å². The van der Waals surface area contributed by atoms with E-state index in [1.54, 1.807) is 6.07 Å². The maximum absolute atomic E-state index is 13.3. The number of H-pyrrole nitrogens is 1. The van der Waals surface area contributed by atoms with E-state index in [0.717, 1.165) is 24.4 Å². The van der Waals surface area contributed by atoms with E-state index in [2.05, 4.69) is 20.3 Å². The van der Waals surface area contributed by atoms with Crippen molar-refractivity contribution < 1.29 is 14.3 Å². The molecule has 0 atom stereocenters. The van der Waals surface area contributed by atoms with Crippen molar-refractivity contribution >= 4 is 22.8 Å². The van der Waals surface area contributed by atoms with Gasteiger partial charge in [0, 0.05) is 30.4 Å². The summed E-state index contributed by atoms with van der Waals surface area (Å²) in [6.45, 7) is 0. The lowest BCUT2D eigenvalue weighted by Crippen LogP contribution is -2.12. The molecule has 0 bridgehead atoms. The fraction of sp³-hybridized carbons (Fsp3) is 0.235. The molecular formula is C17H15FN4O2. The number of rotatable bonds is 4. The molecule has 7 heteroatoms. The topological polar surface area (TPSA) is 90.9 Å². The third-order valence-electron chi connectivity index (χ3n) is 4.01. The van der Waals surface area contributed by atoms with Crippen LogP contribution in [0.1, 0.15) is 29.0 Å². The van der Waals surface area contributed by atoms with Gasteiger partial charge in [0.2, 0.25) is 0 Å². The van der Waals surface area contributed by atoms with Crippen molar-refractivity contribution in [2.24, 2.45) is 5.92 Å². The fourth-order valence-electron chi connectivity index (χ4n) is 2.68. The molecule has 6 nitrogen and oxygen atoms in total. The number of carbonyl (C=O) groups is 1. The molecular weight excluding hydrogens is 311 g/mol. The standard InChI is InChI=1S/C17H15FN4O2/c18-10-6-11(8-12(23)7-10)20-17(24)13-3-4-19-16-15(13)21-14(22-16)5-9-1-2-9/h3-4,6-9,23H,1-2,5H2,(H,20,24)(H,19,21,22). The van der Waals surface area contributed by atoms with Gasteiger partial charge in [-0.25, -0.2) is 14.4 Å². The number of imidazole rings is 1. The Morgan fingerprint density at radius 2 is 2.21 bits per heavy atom. The zero-order valence-electron chi connectivity index (χ0n) is 12.7. The highest BCUT2D eigenvalue weighted by atomic mass is 19.1. The van der Waals surface area contributed by atoms with Gasteiger partial charge in [0.25, 0.3) is 5.91 Å². The highest BCUT2D eigenvalue weighted by Gasteiger charge is 2.24. The minimum Gasteiger partial charge on any atom is -0.508 e. The molecule has 0 radical (unpaired) electrons. The number of pyridine rings is 1. The minimum atomic E-state index is -0.626. The normalized spacial score (nSPS) is 14.0. The van der Waals surface area contributed by atoms with Gasteiger partial charge >= 0.3 is 0 Å². The van der Waals surface area contributed by atoms with Gasteiger partial charge in [-0.05, 0) is 30.9 Å². The van der Waals surface area contributed by atoms with E-state index in [9.17, 15) is 14.3 Å². The Balaban J connectivity index is 1.64. The van der Waals surface area contributed by atoms with Gasteiger partial charge in [0.05, 0.1) is 11.1 Å². The number of aromatic hydroxyl groups is 1. The molecule has 122 valence electrons. The number of nitrogens with one attached hydrogen (secondary N) is 2. The number of benzene rings is 1. The van der Waals surface area contributed by atoms with Crippen LogP contribution in [0.25, 0.3) is 11.2 Å². The van der Waals surface area contributed by atoms with Crippen LogP contribution in [-0.4, -0.2) is 26.0 Å². The van der Waals surface area contributed by atoms with Gasteiger partial charge in [-0.15, -0.1) is 0 Å². The molecule has 2 aromatic heterocycles. The number of anilines is 1. The number of phenolic OH excluding ortho intramolecular Hbond substituents is 1. The lowest BCUT2D eigenvalue weighted by atomic mass is 10.2. The Labute approximate surface area is 136 Å². The second-order valence-electron chi connectivity index (χ2n) is 6.04. The lowest BCUT2D eigenvalue weighted by Gasteiger charge is -2.06. The van der Waals surface area contributed by atoms with Crippen LogP contribution < -0.4 is 5.32 Å². The number of hydrogen-bond donors (Lipinski definition) is 3. The van der Waals surface area contributed by atoms with Crippen molar-refractivity contribution in [1.29, 1.82) is 0 Å². The summed E-state index contributed by atoms with van der Waals surface area (Å²) in [5.41, 5.74) is 1.60. The van der Waals surface area contributed by atoms with Crippen LogP contribution in [0.4, 0.5) is 10.1 Å². The monoisotopic (exact) mass is 326 g/mol. The molecule has 24 heavy (non-hydrogen) atoms. The quantitative estimate of drug-likeness (QED) is 0.687. The number of halogens is 1. The molecule has 3 N–H and O–H groups in total. The van der Waals surface area contributed by atoms with Gasteiger partial charge in [-0.2, -0.15) is 0 Å². The second-order valence-corrected chi connectivity index (χ2v) is 6.04. The van der Waals surface area contributed by atoms with Crippen molar-refractivity contribution in [3.8, 4) is 5.75 Å². The average molecular weight is 326 g/mol. The maximum Gasteiger partial charge on any atom is 0.257 e. The third kappa shape index (κ3) is 2.92. The van der Waals surface area contributed by atoms with Crippen LogP contribution in [-0.2, 0) is 6.42 Å². The molecule has 1 aromatic carbocycles. The van der Waals surface area contributed by atoms with Crippen molar-refractivity contribution in [1.82, 2.24) is 15.0 Å². The van der Waals surface area contributed by atoms with Gasteiger partial charge in [0.1, 0.15) is 17.4 Å². The van der Waals surface area contributed by atoms with Crippen LogP contribution in [0.5, 0.6) is 5.75 Å². The van der Waals surface area contributed by atoms with E-state index in [-0.39, 0.29) is 11.4 Å². The Morgan fingerprint density at radius 3 is 2.96 bits per heavy atom. The van der Waals surface area contributed by atoms with E-state index in [4.69, 9.17) is 0 Å². The molecule has 3 aromatic rings. The Hall–Kier alpha value is -2.96. The molecule has 2 heterocycles. The number of carbonyl (C=O) groups excluding carboxylic acids is 1. The summed E-state index contributed by atoms with van der Waals surface area (Å²) in [6.07, 6.45) is 4.79. The zero-order chi connectivity index (χ0) is 16.7. The zero-order valence-corrected chi connectivity index (χ0v) is 12.7. The predicted octanol–water partition coefficient (Wildman–Crippen LogP) is 3.01. The fourth-order valence-corrected chi connectivity index (χ4v) is 2.68. The van der Waals surface area contributed by atoms with Crippen molar-refractivity contribution in [2.75, 3.05) is 5.32 Å². The molecule has 0 spiro atoms. The second kappa shape index (κ2) is 5.59. The van der Waals surface area contributed by atoms with Crippen LogP contribution >= 0.6 is 0 Å². The summed E-state index contributed by atoms with van der Waals surface area (Å²) in [4.78, 5) is 24.3. The minimum absolute atomic E-state index is 0.181. The van der Waals surface area contributed by atoms with E-state index >= 15 is 0 Å². The molecule has 0 aliphatic heterocycles. The Kier molecular flexibility index (Phi) is 3.41. The third-order valence-corrected chi connectivity index (χ3v) is 4.01. The van der Waals surface area contributed by atoms with E-state index < -0.39 is 11.7 Å². The number of aromatic amines is 1. The number of phenols is 1. The summed E-state index contributed by atoms with van der Waals surface area (Å²) < 4.78 is 13.3. The summed E-state index contributed by atoms with van der Waals surface area (Å²) in [5, 5.41) is 12.0. The summed E-state index contributed by atoms with van der Waals surface area (Å²) in [7, 11) is 0. The SMILES string of the molecule is O=C(Nc1cc(O)cc(F)c1)c1ccnc2nc(CC3CC3)[nH]c12. The molecule has 0 saturated heterocycles. The Morgan fingerprint density at radius 1 is 1.38 bits per heavy atom. The average Bonchev–Trinajstić information content (AvgIpc) is 3.22. The predicted molar refractivity (Wildman–Crippen MR) is 86.3 cm³/mol. The molecule has 1 amide bonds. The van der Waals surface area contributed by atoms with Gasteiger partial charge in [0.15, 0.2) is 5.65 Å². The Bertz CT molecular complexity index is 913. The van der Waals surface area contributed by atoms with Crippen molar-refractivity contribution in [2.45, 2.75) is 19.3 Å². The van der Waals surface area contributed by atoms with Crippen LogP contribution in [0.2, 0.25) is 0 Å². The van der Waals surface area contributed by atoms with Crippen molar-refractivity contribution in [3.05, 3.63) is 47.7 Å². The molecule has 1 aliphatic rings. The largest absolute Gasteiger partial charge is 0.508 e. The van der Waals surface area contributed by atoms with Gasteiger partial charge in [-0.1, -0.05) is 0 Å². The van der Waals surface area contributed by atoms with Crippen LogP contribution in [0.3, 0.4) is 0 Å². The summed E-state index contributed by atoms with van der Waals surface area (Å²) >= 11 is 0. The molecule has 1 saturated carbocycles. The highest BCUT2D eigenvalue weighted by Crippen LogP contribution is 2.32. The van der Waals surface area contributed by atoms with Crippen molar-refractivity contribution in [3.63, 3.8) is 0 Å². The molecule has 4 rings (SSSR count). The van der Waals surface area contributed by atoms with Gasteiger partial charge in [-0.3, -0.25) is 4.79 Å². The molecule has 1 fully saturated rings. The smallest absolute Gasteiger partial charge is 0.257 e. The maximum atomic E-state index is 13.3. The number of hydrogen-bond acceptors (Lipinski definition) is 4. The van der Waals surface area contributed by atoms with E-state index in [1.165, 1.54) is 25.1 Å². The first-order chi connectivity index (χ1) is 11.6.